The van der Waals surface area contributed by atoms with E-state index in [1.165, 1.54) is 0 Å². The molecule has 0 aliphatic rings. The van der Waals surface area contributed by atoms with Crippen molar-refractivity contribution >= 4 is 38.4 Å². The van der Waals surface area contributed by atoms with Gasteiger partial charge >= 0.3 is 0 Å². The summed E-state index contributed by atoms with van der Waals surface area (Å²) >= 11 is 9.28. The molecule has 2 nitrogen and oxygen atoms in total. The van der Waals surface area contributed by atoms with Crippen LogP contribution in [0.4, 0.5) is 0 Å². The van der Waals surface area contributed by atoms with Gasteiger partial charge in [0, 0.05) is 26.0 Å². The summed E-state index contributed by atoms with van der Waals surface area (Å²) in [5.41, 5.74) is 2.64. The van der Waals surface area contributed by atoms with Gasteiger partial charge in [-0.15, -0.1) is 0 Å². The van der Waals surface area contributed by atoms with Gasteiger partial charge in [-0.1, -0.05) is 27.5 Å². The van der Waals surface area contributed by atoms with Crippen molar-refractivity contribution in [3.05, 3.63) is 52.0 Å². The van der Waals surface area contributed by atoms with E-state index in [-0.39, 0.29) is 5.75 Å². The van der Waals surface area contributed by atoms with E-state index >= 15 is 0 Å². The number of hydrogen-bond acceptors (Lipinski definition) is 1. The van der Waals surface area contributed by atoms with Crippen molar-refractivity contribution in [2.24, 2.45) is 0 Å². The summed E-state index contributed by atoms with van der Waals surface area (Å²) in [5, 5.41) is 11.7. The Labute approximate surface area is 117 Å². The van der Waals surface area contributed by atoms with Crippen LogP contribution in [0.2, 0.25) is 5.02 Å². The fraction of sp³-hybridized carbons (Fsp3) is 0. The van der Waals surface area contributed by atoms with E-state index in [0.29, 0.717) is 5.02 Å². The number of halogens is 2. The number of aromatic hydroxyl groups is 1. The summed E-state index contributed by atoms with van der Waals surface area (Å²) in [5.74, 6) is 0.238. The van der Waals surface area contributed by atoms with Crippen LogP contribution in [-0.4, -0.2) is 10.1 Å². The Balaban J connectivity index is 2.19. The first-order valence-electron chi connectivity index (χ1n) is 5.40. The molecule has 18 heavy (non-hydrogen) atoms. The third-order valence-electron chi connectivity index (χ3n) is 2.83. The third kappa shape index (κ3) is 2.00. The fourth-order valence-corrected chi connectivity index (χ4v) is 2.51. The summed E-state index contributed by atoms with van der Waals surface area (Å²) < 4.78 is 0.850. The first-order valence-corrected chi connectivity index (χ1v) is 6.58. The first-order chi connectivity index (χ1) is 8.63. The lowest BCUT2D eigenvalue weighted by Gasteiger charge is -2.02. The fourth-order valence-electron chi connectivity index (χ4n) is 1.98. The second-order valence-electron chi connectivity index (χ2n) is 4.08. The van der Waals surface area contributed by atoms with Crippen LogP contribution in [0.1, 0.15) is 0 Å². The normalized spacial score (nSPS) is 11.0. The van der Waals surface area contributed by atoms with Gasteiger partial charge in [-0.2, -0.15) is 0 Å². The van der Waals surface area contributed by atoms with Gasteiger partial charge in [0.2, 0.25) is 0 Å². The Morgan fingerprint density at radius 3 is 2.67 bits per heavy atom. The molecule has 0 aliphatic heterocycles. The molecule has 4 heteroatoms. The second-order valence-corrected chi connectivity index (χ2v) is 5.43. The molecule has 90 valence electrons. The Morgan fingerprint density at radius 2 is 1.89 bits per heavy atom. The highest BCUT2D eigenvalue weighted by atomic mass is 79.9. The van der Waals surface area contributed by atoms with E-state index < -0.39 is 0 Å². The van der Waals surface area contributed by atoms with E-state index in [1.54, 1.807) is 6.07 Å². The molecular weight excluding hydrogens is 314 g/mol. The Morgan fingerprint density at radius 1 is 1.06 bits per heavy atom. The quantitative estimate of drug-likeness (QED) is 0.653. The van der Waals surface area contributed by atoms with Crippen LogP contribution in [-0.2, 0) is 0 Å². The van der Waals surface area contributed by atoms with Gasteiger partial charge in [0.1, 0.15) is 5.75 Å². The van der Waals surface area contributed by atoms with Gasteiger partial charge in [0.05, 0.1) is 5.69 Å². The number of hydrogen-bond donors (Lipinski definition) is 2. The maximum atomic E-state index is 9.95. The lowest BCUT2D eigenvalue weighted by atomic mass is 10.1. The molecule has 0 saturated carbocycles. The van der Waals surface area contributed by atoms with Crippen LogP contribution in [0.5, 0.6) is 5.75 Å². The SMILES string of the molecule is Oc1cc(Br)ccc1-c1cc2cc(Cl)ccc2[nH]1. The van der Waals surface area contributed by atoms with Gasteiger partial charge in [0.25, 0.3) is 0 Å². The third-order valence-corrected chi connectivity index (χ3v) is 3.56. The van der Waals surface area contributed by atoms with Crippen molar-refractivity contribution in [2.75, 3.05) is 0 Å². The van der Waals surface area contributed by atoms with Crippen LogP contribution in [0, 0.1) is 0 Å². The van der Waals surface area contributed by atoms with Crippen molar-refractivity contribution in [3.8, 4) is 17.0 Å². The Hall–Kier alpha value is -1.45. The van der Waals surface area contributed by atoms with Crippen molar-refractivity contribution in [3.63, 3.8) is 0 Å². The molecule has 0 atom stereocenters. The molecule has 0 saturated heterocycles. The van der Waals surface area contributed by atoms with Gasteiger partial charge in [-0.3, -0.25) is 0 Å². The monoisotopic (exact) mass is 321 g/mol. The lowest BCUT2D eigenvalue weighted by molar-refractivity contribution is 0.477. The van der Waals surface area contributed by atoms with Crippen molar-refractivity contribution in [2.45, 2.75) is 0 Å². The van der Waals surface area contributed by atoms with Gasteiger partial charge in [0.15, 0.2) is 0 Å². The molecule has 0 aliphatic carbocycles. The summed E-state index contributed by atoms with van der Waals surface area (Å²) in [7, 11) is 0. The zero-order chi connectivity index (χ0) is 12.7. The van der Waals surface area contributed by atoms with Crippen LogP contribution >= 0.6 is 27.5 Å². The topological polar surface area (TPSA) is 36.0 Å². The highest BCUT2D eigenvalue weighted by molar-refractivity contribution is 9.10. The number of nitrogens with one attached hydrogen (secondary N) is 1. The minimum absolute atomic E-state index is 0.238. The summed E-state index contributed by atoms with van der Waals surface area (Å²) in [4.78, 5) is 3.27. The average molecular weight is 323 g/mol. The molecule has 0 amide bonds. The first kappa shape index (κ1) is 11.6. The Kier molecular flexibility index (Phi) is 2.80. The zero-order valence-corrected chi connectivity index (χ0v) is 11.6. The molecular formula is C14H9BrClNO. The van der Waals surface area contributed by atoms with Crippen LogP contribution in [0.25, 0.3) is 22.2 Å². The molecule has 3 aromatic rings. The molecule has 0 unspecified atom stereocenters. The summed E-state index contributed by atoms with van der Waals surface area (Å²) in [6, 6.07) is 13.1. The van der Waals surface area contributed by atoms with Crippen LogP contribution < -0.4 is 0 Å². The maximum absolute atomic E-state index is 9.95. The predicted octanol–water partition coefficient (Wildman–Crippen LogP) is 4.96. The van der Waals surface area contributed by atoms with E-state index in [1.807, 2.05) is 36.4 Å². The highest BCUT2D eigenvalue weighted by Gasteiger charge is 2.08. The number of phenols is 1. The molecule has 0 spiro atoms. The van der Waals surface area contributed by atoms with E-state index in [2.05, 4.69) is 20.9 Å². The average Bonchev–Trinajstić information content (AvgIpc) is 2.71. The van der Waals surface area contributed by atoms with Crippen molar-refractivity contribution in [1.29, 1.82) is 0 Å². The molecule has 0 bridgehead atoms. The van der Waals surface area contributed by atoms with E-state index in [0.717, 1.165) is 26.6 Å². The van der Waals surface area contributed by atoms with Gasteiger partial charge < -0.3 is 10.1 Å². The molecule has 3 rings (SSSR count). The summed E-state index contributed by atoms with van der Waals surface area (Å²) in [6.07, 6.45) is 0. The number of aromatic amines is 1. The smallest absolute Gasteiger partial charge is 0.126 e. The number of H-pyrrole nitrogens is 1. The molecule has 2 aromatic carbocycles. The number of aromatic nitrogens is 1. The lowest BCUT2D eigenvalue weighted by Crippen LogP contribution is -1.78. The van der Waals surface area contributed by atoms with Gasteiger partial charge in [-0.05, 0) is 42.5 Å². The Bertz CT molecular complexity index is 736. The van der Waals surface area contributed by atoms with Crippen LogP contribution in [0.15, 0.2) is 46.9 Å². The number of benzene rings is 2. The van der Waals surface area contributed by atoms with Crippen molar-refractivity contribution in [1.82, 2.24) is 4.98 Å². The van der Waals surface area contributed by atoms with Crippen LogP contribution in [0.3, 0.4) is 0 Å². The van der Waals surface area contributed by atoms with Gasteiger partial charge in [-0.25, -0.2) is 0 Å². The highest BCUT2D eigenvalue weighted by Crippen LogP contribution is 2.33. The zero-order valence-electron chi connectivity index (χ0n) is 9.24. The predicted molar refractivity (Wildman–Crippen MR) is 78.1 cm³/mol. The second kappa shape index (κ2) is 4.34. The maximum Gasteiger partial charge on any atom is 0.126 e. The molecule has 0 radical (unpaired) electrons. The summed E-state index contributed by atoms with van der Waals surface area (Å²) in [6.45, 7) is 0. The minimum Gasteiger partial charge on any atom is -0.507 e. The molecule has 1 aromatic heterocycles. The molecule has 1 heterocycles. The van der Waals surface area contributed by atoms with E-state index in [9.17, 15) is 5.11 Å². The number of fused-ring (bicyclic) bond motifs is 1. The minimum atomic E-state index is 0.238. The standard InChI is InChI=1S/C14H9BrClNO/c15-9-1-3-11(14(18)7-9)13-6-8-5-10(16)2-4-12(8)17-13/h1-7,17-18H. The van der Waals surface area contributed by atoms with E-state index in [4.69, 9.17) is 11.6 Å². The molecule has 2 N–H and O–H groups in total. The number of rotatable bonds is 1. The largest absolute Gasteiger partial charge is 0.507 e. The molecule has 0 fully saturated rings. The number of phenolic OH excluding ortho intramolecular Hbond substituents is 1. The van der Waals surface area contributed by atoms with Crippen molar-refractivity contribution < 1.29 is 5.11 Å².